The van der Waals surface area contributed by atoms with E-state index in [1.54, 1.807) is 103 Å². The predicted octanol–water partition coefficient (Wildman–Crippen LogP) is 11.4. The minimum Gasteiger partial charge on any atom is -0.0808 e. The Bertz CT molecular complexity index is 669. The maximum absolute atomic E-state index is 2.90. The quantitative estimate of drug-likeness (QED) is 0.317. The molecule has 0 amide bonds. The largest absolute Gasteiger partial charge is 0.0808 e. The van der Waals surface area contributed by atoms with E-state index in [4.69, 9.17) is 0 Å². The summed E-state index contributed by atoms with van der Waals surface area (Å²) in [6.45, 7) is 1.68. The Kier molecular flexibility index (Phi) is 9.84. The summed E-state index contributed by atoms with van der Waals surface area (Å²) in [6, 6.07) is 0. The van der Waals surface area contributed by atoms with Gasteiger partial charge in [0, 0.05) is 0 Å². The summed E-state index contributed by atoms with van der Waals surface area (Å²) in [7, 11) is 0.105. The average molecular weight is 503 g/mol. The zero-order valence-corrected chi connectivity index (χ0v) is 24.5. The van der Waals surface area contributed by atoms with Gasteiger partial charge >= 0.3 is 0 Å². The standard InChI is InChI=1S/C32H56P2/c1-27(33(28-17-7-2-8-18-28)29-19-9-3-10-20-29)34(30-21-11-4-12-22-30,31-23-13-5-14-24-31)32-25-15-6-16-26-32/h21,28-29,31-32H,2-20,22-26H2,1H3. The van der Waals surface area contributed by atoms with E-state index in [9.17, 15) is 0 Å². The molecule has 0 unspecified atom stereocenters. The van der Waals surface area contributed by atoms with Crippen molar-refractivity contribution in [1.82, 2.24) is 0 Å². The van der Waals surface area contributed by atoms with Gasteiger partial charge in [-0.2, -0.15) is 0 Å². The van der Waals surface area contributed by atoms with E-state index >= 15 is 0 Å². The Balaban J connectivity index is 1.68. The minimum absolute atomic E-state index is 0.105. The maximum Gasteiger partial charge on any atom is -0.0169 e. The lowest BCUT2D eigenvalue weighted by Crippen LogP contribution is -2.31. The molecule has 0 atom stereocenters. The molecule has 5 rings (SSSR count). The Morgan fingerprint density at radius 1 is 0.588 bits per heavy atom. The van der Waals surface area contributed by atoms with Gasteiger partial charge in [0.15, 0.2) is 0 Å². The highest BCUT2D eigenvalue weighted by Crippen LogP contribution is 2.76. The molecule has 0 radical (unpaired) electrons. The van der Waals surface area contributed by atoms with Gasteiger partial charge in [-0.25, -0.2) is 0 Å². The van der Waals surface area contributed by atoms with E-state index in [0.717, 1.165) is 22.6 Å². The van der Waals surface area contributed by atoms with Gasteiger partial charge < -0.3 is 0 Å². The summed E-state index contributed by atoms with van der Waals surface area (Å²) in [4.78, 5) is 0. The van der Waals surface area contributed by atoms with Crippen LogP contribution in [0, 0.1) is 0 Å². The molecule has 5 aliphatic carbocycles. The van der Waals surface area contributed by atoms with Crippen LogP contribution in [0.5, 0.6) is 0 Å². The van der Waals surface area contributed by atoms with Crippen LogP contribution in [0.25, 0.3) is 0 Å². The zero-order chi connectivity index (χ0) is 23.2. The van der Waals surface area contributed by atoms with Crippen molar-refractivity contribution >= 4 is 19.8 Å². The molecule has 34 heavy (non-hydrogen) atoms. The fourth-order valence-corrected chi connectivity index (χ4v) is 23.1. The van der Waals surface area contributed by atoms with Gasteiger partial charge in [0.2, 0.25) is 0 Å². The van der Waals surface area contributed by atoms with Gasteiger partial charge in [-0.1, -0.05) is 97.9 Å². The Morgan fingerprint density at radius 3 is 1.44 bits per heavy atom. The molecule has 0 aromatic heterocycles. The fraction of sp³-hybridized carbons (Fsp3) is 0.906. The summed E-state index contributed by atoms with van der Waals surface area (Å²) in [6.07, 6.45) is 40.0. The van der Waals surface area contributed by atoms with Crippen LogP contribution >= 0.6 is 14.8 Å². The van der Waals surface area contributed by atoms with Gasteiger partial charge in [-0.05, 0) is 117 Å². The van der Waals surface area contributed by atoms with Gasteiger partial charge in [0.25, 0.3) is 0 Å². The molecule has 0 heterocycles. The molecule has 0 nitrogen and oxygen atoms in total. The molecular weight excluding hydrogens is 446 g/mol. The number of hydrogen-bond acceptors (Lipinski definition) is 0. The number of allylic oxidation sites excluding steroid dienone is 2. The van der Waals surface area contributed by atoms with E-state index in [-0.39, 0.29) is 7.92 Å². The summed E-state index contributed by atoms with van der Waals surface area (Å²) < 4.78 is 0. The normalized spacial score (nSPS) is 27.6. The van der Waals surface area contributed by atoms with Crippen molar-refractivity contribution in [3.63, 3.8) is 0 Å². The third-order valence-electron chi connectivity index (χ3n) is 10.9. The first-order chi connectivity index (χ1) is 16.8. The first-order valence-electron chi connectivity index (χ1n) is 16.0. The van der Waals surface area contributed by atoms with Crippen molar-refractivity contribution < 1.29 is 0 Å². The van der Waals surface area contributed by atoms with Crippen molar-refractivity contribution in [2.75, 3.05) is 0 Å². The van der Waals surface area contributed by atoms with Crippen molar-refractivity contribution in [3.05, 3.63) is 11.4 Å². The van der Waals surface area contributed by atoms with Crippen molar-refractivity contribution in [1.29, 1.82) is 0 Å². The highest BCUT2D eigenvalue weighted by atomic mass is 31.2. The first kappa shape index (κ1) is 26.1. The molecule has 4 saturated carbocycles. The molecule has 2 heteroatoms. The van der Waals surface area contributed by atoms with E-state index in [1.165, 1.54) is 51.4 Å². The van der Waals surface area contributed by atoms with Crippen molar-refractivity contribution in [2.24, 2.45) is 0 Å². The van der Waals surface area contributed by atoms with E-state index in [1.807, 2.05) is 0 Å². The number of hydrogen-bond donors (Lipinski definition) is 0. The van der Waals surface area contributed by atoms with Gasteiger partial charge in [0.1, 0.15) is 0 Å². The molecule has 4 fully saturated rings. The summed E-state index contributed by atoms with van der Waals surface area (Å²) in [5, 5.41) is 4.38. The van der Waals surface area contributed by atoms with E-state index in [2.05, 4.69) is 23.3 Å². The minimum atomic E-state index is -1.20. The van der Waals surface area contributed by atoms with Crippen LogP contribution in [0.2, 0.25) is 0 Å². The lowest BCUT2D eigenvalue weighted by atomic mass is 9.99. The second kappa shape index (κ2) is 12.8. The van der Waals surface area contributed by atoms with Crippen molar-refractivity contribution in [2.45, 2.75) is 184 Å². The molecule has 0 aromatic rings. The molecule has 0 saturated heterocycles. The lowest BCUT2D eigenvalue weighted by Gasteiger charge is -2.52. The summed E-state index contributed by atoms with van der Waals surface area (Å²) >= 11 is 0. The smallest absolute Gasteiger partial charge is 0.0169 e. The highest BCUT2D eigenvalue weighted by Gasteiger charge is 2.45. The Labute approximate surface area is 214 Å². The molecule has 0 aromatic carbocycles. The molecule has 194 valence electrons. The third kappa shape index (κ3) is 5.50. The SMILES string of the molecule is CC(P(C1CCCCC1)C1CCCCC1)=P(C1=CCCCC1)(C1CCCCC1)C1CCCCC1. The van der Waals surface area contributed by atoms with E-state index in [0.29, 0.717) is 0 Å². The molecular formula is C32H56P2. The van der Waals surface area contributed by atoms with E-state index < -0.39 is 6.89 Å². The first-order valence-corrected chi connectivity index (χ1v) is 19.4. The molecule has 0 N–H and O–H groups in total. The van der Waals surface area contributed by atoms with Crippen LogP contribution in [0.4, 0.5) is 0 Å². The second-order valence-electron chi connectivity index (χ2n) is 12.8. The summed E-state index contributed by atoms with van der Waals surface area (Å²) in [5.74, 6) is 0. The number of rotatable bonds is 6. The van der Waals surface area contributed by atoms with Gasteiger partial charge in [0.05, 0.1) is 0 Å². The second-order valence-corrected chi connectivity index (χ2v) is 20.4. The lowest BCUT2D eigenvalue weighted by molar-refractivity contribution is 0.483. The Hall–Kier alpha value is 0.470. The zero-order valence-electron chi connectivity index (χ0n) is 22.8. The maximum atomic E-state index is 2.90. The predicted molar refractivity (Wildman–Crippen MR) is 159 cm³/mol. The molecule has 0 bridgehead atoms. The monoisotopic (exact) mass is 502 g/mol. The van der Waals surface area contributed by atoms with Crippen LogP contribution < -0.4 is 0 Å². The Morgan fingerprint density at radius 2 is 1.03 bits per heavy atom. The van der Waals surface area contributed by atoms with Crippen molar-refractivity contribution in [3.8, 4) is 0 Å². The van der Waals surface area contributed by atoms with Crippen LogP contribution in [0.1, 0.15) is 161 Å². The van der Waals surface area contributed by atoms with Crippen LogP contribution in [-0.4, -0.2) is 27.7 Å². The van der Waals surface area contributed by atoms with Crippen LogP contribution in [-0.2, 0) is 0 Å². The third-order valence-corrected chi connectivity index (χ3v) is 21.7. The van der Waals surface area contributed by atoms with Crippen LogP contribution in [0.15, 0.2) is 11.4 Å². The summed E-state index contributed by atoms with van der Waals surface area (Å²) in [5.41, 5.74) is 4.38. The van der Waals surface area contributed by atoms with Gasteiger partial charge in [-0.15, -0.1) is 0 Å². The highest BCUT2D eigenvalue weighted by molar-refractivity contribution is 7.98. The fourth-order valence-electron chi connectivity index (χ4n) is 9.37. The molecule has 5 aliphatic rings. The van der Waals surface area contributed by atoms with Gasteiger partial charge in [-0.3, -0.25) is 0 Å². The average Bonchev–Trinajstić information content (AvgIpc) is 2.92. The topological polar surface area (TPSA) is 0 Å². The van der Waals surface area contributed by atoms with Crippen LogP contribution in [0.3, 0.4) is 0 Å². The molecule has 0 aliphatic heterocycles. The molecule has 0 spiro atoms.